The number of benzene rings is 1. The van der Waals surface area contributed by atoms with Crippen LogP contribution in [0.1, 0.15) is 23.6 Å². The molecule has 1 unspecified atom stereocenters. The first-order valence-corrected chi connectivity index (χ1v) is 6.96. The summed E-state index contributed by atoms with van der Waals surface area (Å²) in [6, 6.07) is 8.63. The third kappa shape index (κ3) is 3.54. The van der Waals surface area contributed by atoms with E-state index in [4.69, 9.17) is 5.84 Å². The molecule has 2 aromatic rings. The zero-order valence-corrected chi connectivity index (χ0v) is 12.5. The maximum Gasteiger partial charge on any atom is 0.0521 e. The summed E-state index contributed by atoms with van der Waals surface area (Å²) in [7, 11) is 1.93. The van der Waals surface area contributed by atoms with Gasteiger partial charge in [-0.25, -0.2) is 0 Å². The number of nitrogens with one attached hydrogen (secondary N) is 1. The number of nitrogens with zero attached hydrogens (tertiary/aromatic N) is 2. The maximum atomic E-state index is 5.64. The molecule has 3 N–H and O–H groups in total. The average Bonchev–Trinajstić information content (AvgIpc) is 2.78. The van der Waals surface area contributed by atoms with Crippen LogP contribution in [-0.2, 0) is 13.5 Å². The van der Waals surface area contributed by atoms with Crippen molar-refractivity contribution in [3.8, 4) is 0 Å². The van der Waals surface area contributed by atoms with Crippen LogP contribution in [0.25, 0.3) is 0 Å². The number of rotatable bonds is 5. The monoisotopic (exact) mass is 356 g/mol. The summed E-state index contributed by atoms with van der Waals surface area (Å²) in [6.07, 6.45) is 5.88. The van der Waals surface area contributed by atoms with Gasteiger partial charge in [-0.15, -0.1) is 0 Å². The van der Waals surface area contributed by atoms with Crippen molar-refractivity contribution in [2.75, 3.05) is 0 Å². The first kappa shape index (κ1) is 13.5. The van der Waals surface area contributed by atoms with Gasteiger partial charge in [-0.05, 0) is 58.7 Å². The van der Waals surface area contributed by atoms with Gasteiger partial charge in [0.05, 0.1) is 6.20 Å². The minimum atomic E-state index is 0.183. The molecule has 0 aliphatic rings. The molecule has 0 saturated carbocycles. The zero-order valence-electron chi connectivity index (χ0n) is 10.3. The highest BCUT2D eigenvalue weighted by atomic mass is 127. The van der Waals surface area contributed by atoms with E-state index in [1.54, 1.807) is 0 Å². The van der Waals surface area contributed by atoms with Crippen molar-refractivity contribution in [1.29, 1.82) is 0 Å². The van der Waals surface area contributed by atoms with Crippen LogP contribution in [0.4, 0.5) is 0 Å². The summed E-state index contributed by atoms with van der Waals surface area (Å²) in [5.41, 5.74) is 5.35. The summed E-state index contributed by atoms with van der Waals surface area (Å²) in [6.45, 7) is 0. The molecule has 1 aromatic heterocycles. The molecule has 0 aliphatic heterocycles. The maximum absolute atomic E-state index is 5.64. The Morgan fingerprint density at radius 3 is 2.67 bits per heavy atom. The predicted octanol–water partition coefficient (Wildman–Crippen LogP) is 2.16. The SMILES string of the molecule is Cn1cc(CCC(NN)c2ccc(I)cc2)cn1. The molecule has 5 heteroatoms. The zero-order chi connectivity index (χ0) is 13.0. The lowest BCUT2D eigenvalue weighted by Crippen LogP contribution is -2.28. The molecule has 1 aromatic carbocycles. The third-order valence-corrected chi connectivity index (χ3v) is 3.67. The molecule has 0 radical (unpaired) electrons. The van der Waals surface area contributed by atoms with E-state index in [2.05, 4.69) is 57.4 Å². The van der Waals surface area contributed by atoms with E-state index in [1.807, 2.05) is 24.1 Å². The minimum absolute atomic E-state index is 0.183. The van der Waals surface area contributed by atoms with E-state index >= 15 is 0 Å². The van der Waals surface area contributed by atoms with E-state index in [-0.39, 0.29) is 6.04 Å². The molecule has 96 valence electrons. The first-order chi connectivity index (χ1) is 8.69. The van der Waals surface area contributed by atoms with Crippen molar-refractivity contribution in [2.45, 2.75) is 18.9 Å². The van der Waals surface area contributed by atoms with Crippen LogP contribution in [0, 0.1) is 3.57 Å². The van der Waals surface area contributed by atoms with Crippen LogP contribution in [0.3, 0.4) is 0 Å². The van der Waals surface area contributed by atoms with Crippen LogP contribution in [0.2, 0.25) is 0 Å². The Balaban J connectivity index is 1.99. The average molecular weight is 356 g/mol. The van der Waals surface area contributed by atoms with Gasteiger partial charge in [0.25, 0.3) is 0 Å². The number of halogens is 1. The minimum Gasteiger partial charge on any atom is -0.276 e. The van der Waals surface area contributed by atoms with Crippen LogP contribution in [-0.4, -0.2) is 9.78 Å². The molecule has 18 heavy (non-hydrogen) atoms. The van der Waals surface area contributed by atoms with Crippen molar-refractivity contribution in [1.82, 2.24) is 15.2 Å². The van der Waals surface area contributed by atoms with Gasteiger partial charge in [0.2, 0.25) is 0 Å². The Kier molecular flexibility index (Phi) is 4.73. The van der Waals surface area contributed by atoms with Gasteiger partial charge in [-0.3, -0.25) is 16.0 Å². The summed E-state index contributed by atoms with van der Waals surface area (Å²) < 4.78 is 3.06. The number of hydrogen-bond acceptors (Lipinski definition) is 3. The first-order valence-electron chi connectivity index (χ1n) is 5.88. The highest BCUT2D eigenvalue weighted by molar-refractivity contribution is 14.1. The van der Waals surface area contributed by atoms with Crippen LogP contribution < -0.4 is 11.3 Å². The van der Waals surface area contributed by atoms with Crippen LogP contribution >= 0.6 is 22.6 Å². The molecule has 2 rings (SSSR count). The highest BCUT2D eigenvalue weighted by Crippen LogP contribution is 2.19. The third-order valence-electron chi connectivity index (χ3n) is 2.95. The summed E-state index contributed by atoms with van der Waals surface area (Å²) >= 11 is 2.30. The molecular weight excluding hydrogens is 339 g/mol. The Morgan fingerprint density at radius 2 is 2.11 bits per heavy atom. The predicted molar refractivity (Wildman–Crippen MR) is 80.8 cm³/mol. The van der Waals surface area contributed by atoms with Crippen molar-refractivity contribution in [3.63, 3.8) is 0 Å². The summed E-state index contributed by atoms with van der Waals surface area (Å²) in [5, 5.41) is 4.17. The number of aromatic nitrogens is 2. The molecule has 0 fully saturated rings. The normalized spacial score (nSPS) is 12.6. The van der Waals surface area contributed by atoms with Crippen molar-refractivity contribution < 1.29 is 0 Å². The van der Waals surface area contributed by atoms with Gasteiger partial charge in [0.15, 0.2) is 0 Å². The second kappa shape index (κ2) is 6.31. The fourth-order valence-corrected chi connectivity index (χ4v) is 2.31. The molecule has 0 amide bonds. The Hall–Kier alpha value is -0.920. The quantitative estimate of drug-likeness (QED) is 0.491. The molecule has 1 atom stereocenters. The van der Waals surface area contributed by atoms with E-state index in [9.17, 15) is 0 Å². The number of nitrogens with two attached hydrogens (primary N) is 1. The number of hydrogen-bond donors (Lipinski definition) is 2. The molecule has 1 heterocycles. The second-order valence-corrected chi connectivity index (χ2v) is 5.58. The molecule has 0 spiro atoms. The largest absolute Gasteiger partial charge is 0.276 e. The lowest BCUT2D eigenvalue weighted by atomic mass is 10.0. The fraction of sp³-hybridized carbons (Fsp3) is 0.308. The Bertz CT molecular complexity index is 492. The van der Waals surface area contributed by atoms with E-state index in [0.717, 1.165) is 12.8 Å². The standard InChI is InChI=1S/C13H17IN4/c1-18-9-10(8-16-18)2-7-13(17-15)11-3-5-12(14)6-4-11/h3-6,8-9,13,17H,2,7,15H2,1H3. The smallest absolute Gasteiger partial charge is 0.0521 e. The van der Waals surface area contributed by atoms with Gasteiger partial charge in [-0.1, -0.05) is 12.1 Å². The van der Waals surface area contributed by atoms with E-state index < -0.39 is 0 Å². The van der Waals surface area contributed by atoms with Gasteiger partial charge in [-0.2, -0.15) is 5.10 Å². The Morgan fingerprint density at radius 1 is 1.39 bits per heavy atom. The molecule has 0 aliphatic carbocycles. The number of hydrazine groups is 1. The van der Waals surface area contributed by atoms with Gasteiger partial charge >= 0.3 is 0 Å². The van der Waals surface area contributed by atoms with Gasteiger partial charge < -0.3 is 0 Å². The van der Waals surface area contributed by atoms with Crippen molar-refractivity contribution in [3.05, 3.63) is 51.4 Å². The topological polar surface area (TPSA) is 55.9 Å². The highest BCUT2D eigenvalue weighted by Gasteiger charge is 2.10. The van der Waals surface area contributed by atoms with E-state index in [0.29, 0.717) is 0 Å². The summed E-state index contributed by atoms with van der Waals surface area (Å²) in [4.78, 5) is 0. The van der Waals surface area contributed by atoms with E-state index in [1.165, 1.54) is 14.7 Å². The summed E-state index contributed by atoms with van der Waals surface area (Å²) in [5.74, 6) is 5.64. The lowest BCUT2D eigenvalue weighted by molar-refractivity contribution is 0.516. The molecular formula is C13H17IN4. The lowest BCUT2D eigenvalue weighted by Gasteiger charge is -2.15. The molecule has 0 saturated heterocycles. The Labute approximate surface area is 121 Å². The second-order valence-electron chi connectivity index (χ2n) is 4.33. The van der Waals surface area contributed by atoms with Crippen LogP contribution in [0.15, 0.2) is 36.7 Å². The molecule has 0 bridgehead atoms. The van der Waals surface area contributed by atoms with Gasteiger partial charge in [0.1, 0.15) is 0 Å². The molecule has 4 nitrogen and oxygen atoms in total. The van der Waals surface area contributed by atoms with Crippen molar-refractivity contribution in [2.24, 2.45) is 12.9 Å². The van der Waals surface area contributed by atoms with Crippen LogP contribution in [0.5, 0.6) is 0 Å². The fourth-order valence-electron chi connectivity index (χ4n) is 1.95. The van der Waals surface area contributed by atoms with Crippen molar-refractivity contribution >= 4 is 22.6 Å². The van der Waals surface area contributed by atoms with Gasteiger partial charge in [0, 0.05) is 22.9 Å². The number of aryl methyl sites for hydroxylation is 2.